The van der Waals surface area contributed by atoms with Crippen LogP contribution in [0.25, 0.3) is 22.0 Å². The molecule has 0 aliphatic carbocycles. The average molecular weight is 540 g/mol. The molecule has 0 amide bonds. The van der Waals surface area contributed by atoms with Gasteiger partial charge in [-0.25, -0.2) is 4.98 Å². The quantitative estimate of drug-likeness (QED) is 0.149. The number of carbonyl (C=O) groups excluding carboxylic acids is 1. The minimum Gasteiger partial charge on any atom is -0.481 e. The molecule has 0 aliphatic heterocycles. The van der Waals surface area contributed by atoms with E-state index < -0.39 is 8.32 Å². The van der Waals surface area contributed by atoms with Crippen molar-refractivity contribution in [2.24, 2.45) is 0 Å². The van der Waals surface area contributed by atoms with Crippen LogP contribution >= 0.6 is 0 Å². The number of hydrogen-bond acceptors (Lipinski definition) is 4. The van der Waals surface area contributed by atoms with Gasteiger partial charge in [0.2, 0.25) is 14.2 Å². The Morgan fingerprint density at radius 1 is 0.821 bits per heavy atom. The first-order chi connectivity index (χ1) is 18.6. The normalized spacial score (nSPS) is 12.1. The van der Waals surface area contributed by atoms with Crippen LogP contribution in [0, 0.1) is 6.92 Å². The summed E-state index contributed by atoms with van der Waals surface area (Å²) in [4.78, 5) is 18.0. The third-order valence-electron chi connectivity index (χ3n) is 7.97. The molecule has 0 saturated heterocycles. The van der Waals surface area contributed by atoms with Crippen molar-refractivity contribution in [3.63, 3.8) is 0 Å². The maximum atomic E-state index is 13.4. The second-order valence-corrected chi connectivity index (χ2v) is 16.9. The van der Waals surface area contributed by atoms with E-state index >= 15 is 0 Å². The highest BCUT2D eigenvalue weighted by Crippen LogP contribution is 2.43. The Balaban J connectivity index is 1.75. The van der Waals surface area contributed by atoms with Gasteiger partial charge in [-0.2, -0.15) is 0 Å². The summed E-state index contributed by atoms with van der Waals surface area (Å²) in [6.07, 6.45) is 0. The summed E-state index contributed by atoms with van der Waals surface area (Å²) in [5, 5.41) is 0.919. The molecule has 39 heavy (non-hydrogen) atoms. The third kappa shape index (κ3) is 5.85. The minimum atomic E-state index is -1.99. The highest BCUT2D eigenvalue weighted by Gasteiger charge is 2.44. The van der Waals surface area contributed by atoms with Crippen LogP contribution in [-0.2, 0) is 11.0 Å². The smallest absolute Gasteiger partial charge is 0.214 e. The molecule has 0 radical (unpaired) electrons. The van der Waals surface area contributed by atoms with Crippen molar-refractivity contribution < 1.29 is 14.0 Å². The first kappa shape index (κ1) is 28.7. The van der Waals surface area contributed by atoms with Crippen LogP contribution in [0.15, 0.2) is 72.8 Å². The van der Waals surface area contributed by atoms with Crippen molar-refractivity contribution in [3.05, 3.63) is 95.1 Å². The zero-order valence-corrected chi connectivity index (χ0v) is 25.5. The maximum Gasteiger partial charge on any atom is 0.214 e. The van der Waals surface area contributed by atoms with Gasteiger partial charge in [-0.05, 0) is 70.6 Å². The highest BCUT2D eigenvalue weighted by molar-refractivity contribution is 6.77. The highest BCUT2D eigenvalue weighted by atomic mass is 28.4. The van der Waals surface area contributed by atoms with Gasteiger partial charge in [0.15, 0.2) is 5.78 Å². The minimum absolute atomic E-state index is 0.00173. The van der Waals surface area contributed by atoms with Crippen LogP contribution < -0.4 is 4.74 Å². The van der Waals surface area contributed by atoms with Gasteiger partial charge in [-0.1, -0.05) is 83.5 Å². The molecule has 1 heterocycles. The van der Waals surface area contributed by atoms with Crippen molar-refractivity contribution in [2.75, 3.05) is 7.11 Å². The van der Waals surface area contributed by atoms with Crippen molar-refractivity contribution in [2.45, 2.75) is 71.7 Å². The third-order valence-corrected chi connectivity index (χ3v) is 14.0. The molecule has 1 aromatic heterocycles. The molecule has 0 spiro atoms. The Morgan fingerprint density at radius 2 is 1.49 bits per heavy atom. The van der Waals surface area contributed by atoms with E-state index in [0.29, 0.717) is 40.2 Å². The van der Waals surface area contributed by atoms with E-state index in [9.17, 15) is 4.79 Å². The van der Waals surface area contributed by atoms with Gasteiger partial charge in [-0.15, -0.1) is 0 Å². The topological polar surface area (TPSA) is 48.4 Å². The largest absolute Gasteiger partial charge is 0.481 e. The van der Waals surface area contributed by atoms with E-state index in [1.54, 1.807) is 7.11 Å². The molecule has 3 aromatic carbocycles. The van der Waals surface area contributed by atoms with Gasteiger partial charge in [-0.3, -0.25) is 4.79 Å². The van der Waals surface area contributed by atoms with Crippen LogP contribution in [0.5, 0.6) is 5.88 Å². The lowest BCUT2D eigenvalue weighted by Crippen LogP contribution is -2.47. The van der Waals surface area contributed by atoms with E-state index in [-0.39, 0.29) is 5.78 Å². The number of aryl methyl sites for hydroxylation is 1. The molecular formula is C34H41NO3Si. The van der Waals surface area contributed by atoms with Gasteiger partial charge >= 0.3 is 0 Å². The number of benzene rings is 3. The molecule has 4 nitrogen and oxygen atoms in total. The molecule has 0 unspecified atom stereocenters. The van der Waals surface area contributed by atoms with Crippen LogP contribution in [0.1, 0.15) is 68.6 Å². The second-order valence-electron chi connectivity index (χ2n) is 11.4. The Labute approximate surface area is 234 Å². The first-order valence-electron chi connectivity index (χ1n) is 13.9. The molecule has 4 aromatic rings. The SMILES string of the molecule is COc1cc(-c2cccc(CO[Si](C(C)C)(C(C)C)C(C)C)c2)c2cc(C(=O)c3cccc(C)c3)ccc2n1. The van der Waals surface area contributed by atoms with E-state index in [2.05, 4.69) is 70.8 Å². The van der Waals surface area contributed by atoms with Gasteiger partial charge in [0.05, 0.1) is 19.2 Å². The predicted octanol–water partition coefficient (Wildman–Crippen LogP) is 9.14. The lowest BCUT2D eigenvalue weighted by Gasteiger charge is -2.42. The summed E-state index contributed by atoms with van der Waals surface area (Å²) in [5.41, 5.74) is 7.93. The van der Waals surface area contributed by atoms with E-state index in [4.69, 9.17) is 9.16 Å². The van der Waals surface area contributed by atoms with Gasteiger partial charge in [0.25, 0.3) is 0 Å². The van der Waals surface area contributed by atoms with Crippen LogP contribution in [0.4, 0.5) is 0 Å². The number of methoxy groups -OCH3 is 1. The number of carbonyl (C=O) groups is 1. The summed E-state index contributed by atoms with van der Waals surface area (Å²) < 4.78 is 12.4. The first-order valence-corrected chi connectivity index (χ1v) is 16.0. The Bertz CT molecular complexity index is 1450. The fraction of sp³-hybridized carbons (Fsp3) is 0.353. The van der Waals surface area contributed by atoms with Crippen molar-refractivity contribution in [1.29, 1.82) is 0 Å². The molecule has 0 fully saturated rings. The zero-order chi connectivity index (χ0) is 28.3. The predicted molar refractivity (Wildman–Crippen MR) is 164 cm³/mol. The fourth-order valence-electron chi connectivity index (χ4n) is 6.18. The van der Waals surface area contributed by atoms with Gasteiger partial charge in [0.1, 0.15) is 0 Å². The molecule has 5 heteroatoms. The molecule has 204 valence electrons. The molecule has 0 N–H and O–H groups in total. The van der Waals surface area contributed by atoms with Crippen molar-refractivity contribution >= 4 is 25.0 Å². The number of rotatable bonds is 10. The summed E-state index contributed by atoms with van der Waals surface area (Å²) in [6.45, 7) is 16.5. The Kier molecular flexibility index (Phi) is 8.72. The number of aromatic nitrogens is 1. The van der Waals surface area contributed by atoms with Crippen molar-refractivity contribution in [3.8, 4) is 17.0 Å². The Morgan fingerprint density at radius 3 is 2.13 bits per heavy atom. The van der Waals surface area contributed by atoms with Gasteiger partial charge < -0.3 is 9.16 Å². The molecule has 0 aliphatic rings. The van der Waals surface area contributed by atoms with E-state index in [0.717, 1.165) is 33.2 Å². The second kappa shape index (κ2) is 11.8. The molecule has 4 rings (SSSR count). The van der Waals surface area contributed by atoms with E-state index in [1.807, 2.05) is 55.5 Å². The Hall–Kier alpha value is -3.28. The number of nitrogens with zero attached hydrogens (tertiary/aromatic N) is 1. The maximum absolute atomic E-state index is 13.4. The molecular weight excluding hydrogens is 498 g/mol. The lowest BCUT2D eigenvalue weighted by molar-refractivity contribution is 0.103. The van der Waals surface area contributed by atoms with E-state index in [1.165, 1.54) is 0 Å². The number of pyridine rings is 1. The summed E-state index contributed by atoms with van der Waals surface area (Å²) in [5.74, 6) is 0.546. The van der Waals surface area contributed by atoms with Crippen molar-refractivity contribution in [1.82, 2.24) is 4.98 Å². The summed E-state index contributed by atoms with van der Waals surface area (Å²) >= 11 is 0. The number of hydrogen-bond donors (Lipinski definition) is 0. The molecule has 0 saturated carbocycles. The number of ketones is 1. The zero-order valence-electron chi connectivity index (χ0n) is 24.5. The number of ether oxygens (including phenoxy) is 1. The number of fused-ring (bicyclic) bond motifs is 1. The summed E-state index contributed by atoms with van der Waals surface area (Å²) in [6, 6.07) is 23.9. The molecule has 0 bridgehead atoms. The standard InChI is InChI=1S/C34H41NO3Si/c1-22(2)39(23(3)4,24(5)6)38-21-26-12-10-13-27(18-26)30-20-33(37-8)35-32-16-15-29(19-31(30)32)34(36)28-14-9-11-25(7)17-28/h9-20,22-24H,21H2,1-8H3. The molecule has 0 atom stereocenters. The lowest BCUT2D eigenvalue weighted by atomic mass is 9.95. The van der Waals surface area contributed by atoms with Crippen LogP contribution in [-0.4, -0.2) is 26.2 Å². The van der Waals surface area contributed by atoms with Crippen LogP contribution in [0.3, 0.4) is 0 Å². The monoisotopic (exact) mass is 539 g/mol. The fourth-order valence-corrected chi connectivity index (χ4v) is 11.6. The summed E-state index contributed by atoms with van der Waals surface area (Å²) in [7, 11) is -0.359. The average Bonchev–Trinajstić information content (AvgIpc) is 2.91. The van der Waals surface area contributed by atoms with Gasteiger partial charge in [0, 0.05) is 22.6 Å². The van der Waals surface area contributed by atoms with Crippen LogP contribution in [0.2, 0.25) is 16.6 Å².